The van der Waals surface area contributed by atoms with Gasteiger partial charge in [0.15, 0.2) is 5.75 Å². The van der Waals surface area contributed by atoms with Gasteiger partial charge in [0.2, 0.25) is 0 Å². The molecule has 5 nitrogen and oxygen atoms in total. The Balaban J connectivity index is 2.44. The van der Waals surface area contributed by atoms with E-state index in [2.05, 4.69) is 24.7 Å². The summed E-state index contributed by atoms with van der Waals surface area (Å²) in [5.41, 5.74) is 0. The van der Waals surface area contributed by atoms with E-state index in [-0.39, 0.29) is 5.75 Å². The fourth-order valence-corrected chi connectivity index (χ4v) is 1.89. The second kappa shape index (κ2) is 5.47. The van der Waals surface area contributed by atoms with Crippen LogP contribution in [0.4, 0.5) is 0 Å². The fraction of sp³-hybridized carbons (Fsp3) is 0.700. The Kier molecular flexibility index (Phi) is 4.52. The van der Waals surface area contributed by atoms with Gasteiger partial charge in [-0.2, -0.15) is 5.10 Å². The summed E-state index contributed by atoms with van der Waals surface area (Å²) in [6, 6.07) is 1.07. The minimum atomic E-state index is -1.09. The highest BCUT2D eigenvalue weighted by molar-refractivity contribution is 6.76. The van der Waals surface area contributed by atoms with E-state index in [0.29, 0.717) is 6.61 Å². The molecule has 0 aliphatic carbocycles. The molecule has 1 aromatic heterocycles. The summed E-state index contributed by atoms with van der Waals surface area (Å²) >= 11 is 0. The summed E-state index contributed by atoms with van der Waals surface area (Å²) in [5.74, 6) is 0.107. The quantitative estimate of drug-likeness (QED) is 0.614. The molecule has 0 bridgehead atoms. The van der Waals surface area contributed by atoms with Crippen molar-refractivity contribution in [1.82, 2.24) is 9.78 Å². The van der Waals surface area contributed by atoms with E-state index in [1.165, 1.54) is 17.1 Å². The largest absolute Gasteiger partial charge is 0.505 e. The molecule has 1 unspecified atom stereocenters. The molecule has 0 aromatic carbocycles. The highest BCUT2D eigenvalue weighted by atomic mass is 28.3. The van der Waals surface area contributed by atoms with Gasteiger partial charge in [0.1, 0.15) is 0 Å². The van der Waals surface area contributed by atoms with E-state index in [0.717, 1.165) is 6.04 Å². The lowest BCUT2D eigenvalue weighted by atomic mass is 10.7. The Bertz CT molecular complexity index is 322. The molecule has 6 heteroatoms. The Morgan fingerprint density at radius 1 is 1.50 bits per heavy atom. The van der Waals surface area contributed by atoms with Gasteiger partial charge in [-0.15, -0.1) is 0 Å². The summed E-state index contributed by atoms with van der Waals surface area (Å²) in [6.07, 6.45) is 2.27. The zero-order valence-electron chi connectivity index (χ0n) is 10.3. The van der Waals surface area contributed by atoms with Gasteiger partial charge in [-0.1, -0.05) is 19.6 Å². The first kappa shape index (κ1) is 13.2. The van der Waals surface area contributed by atoms with Crippen molar-refractivity contribution in [2.45, 2.75) is 32.1 Å². The first-order valence-electron chi connectivity index (χ1n) is 5.30. The number of hydrogen-bond acceptors (Lipinski definition) is 4. The van der Waals surface area contributed by atoms with Crippen molar-refractivity contribution in [3.05, 3.63) is 12.4 Å². The van der Waals surface area contributed by atoms with Crippen LogP contribution < -0.4 is 0 Å². The lowest BCUT2D eigenvalue weighted by Crippen LogP contribution is -2.24. The SMILES string of the molecule is COC(OCC[Si](C)(C)C)n1cc(O)cn1. The van der Waals surface area contributed by atoms with Crippen LogP contribution in [0.5, 0.6) is 5.75 Å². The lowest BCUT2D eigenvalue weighted by Gasteiger charge is -2.20. The minimum absolute atomic E-state index is 0.107. The monoisotopic (exact) mass is 244 g/mol. The van der Waals surface area contributed by atoms with Crippen LogP contribution >= 0.6 is 0 Å². The van der Waals surface area contributed by atoms with Crippen molar-refractivity contribution in [2.24, 2.45) is 0 Å². The van der Waals surface area contributed by atoms with Crippen LogP contribution in [-0.4, -0.2) is 36.7 Å². The van der Waals surface area contributed by atoms with E-state index in [1.807, 2.05) is 0 Å². The second-order valence-corrected chi connectivity index (χ2v) is 10.5. The normalized spacial score (nSPS) is 14.0. The molecule has 0 radical (unpaired) electrons. The van der Waals surface area contributed by atoms with Gasteiger partial charge in [-0.05, 0) is 6.04 Å². The zero-order chi connectivity index (χ0) is 12.2. The predicted molar refractivity (Wildman–Crippen MR) is 64.0 cm³/mol. The molecule has 0 saturated heterocycles. The van der Waals surface area contributed by atoms with E-state index >= 15 is 0 Å². The zero-order valence-corrected chi connectivity index (χ0v) is 11.3. The summed E-state index contributed by atoms with van der Waals surface area (Å²) in [5, 5.41) is 13.1. The summed E-state index contributed by atoms with van der Waals surface area (Å²) < 4.78 is 12.2. The van der Waals surface area contributed by atoms with E-state index in [9.17, 15) is 0 Å². The molecule has 0 saturated carbocycles. The third-order valence-corrected chi connectivity index (χ3v) is 3.82. The molecular weight excluding hydrogens is 224 g/mol. The number of hydrogen-bond donors (Lipinski definition) is 1. The maximum atomic E-state index is 9.16. The first-order chi connectivity index (χ1) is 7.42. The van der Waals surface area contributed by atoms with Crippen molar-refractivity contribution in [3.8, 4) is 5.75 Å². The minimum Gasteiger partial charge on any atom is -0.505 e. The Hall–Kier alpha value is -0.853. The highest BCUT2D eigenvalue weighted by Crippen LogP contribution is 2.15. The third kappa shape index (κ3) is 4.34. The van der Waals surface area contributed by atoms with Gasteiger partial charge in [-0.25, -0.2) is 4.68 Å². The number of nitrogens with zero attached hydrogens (tertiary/aromatic N) is 2. The Morgan fingerprint density at radius 3 is 2.62 bits per heavy atom. The second-order valence-electron chi connectivity index (χ2n) is 4.90. The summed E-state index contributed by atoms with van der Waals surface area (Å²) in [4.78, 5) is 0. The maximum absolute atomic E-state index is 9.16. The van der Waals surface area contributed by atoms with Crippen molar-refractivity contribution < 1.29 is 14.6 Å². The van der Waals surface area contributed by atoms with Gasteiger partial charge < -0.3 is 14.6 Å². The summed E-state index contributed by atoms with van der Waals surface area (Å²) in [7, 11) is 0.461. The Labute approximate surface area is 97.0 Å². The van der Waals surface area contributed by atoms with Gasteiger partial charge in [-0.3, -0.25) is 0 Å². The topological polar surface area (TPSA) is 56.5 Å². The van der Waals surface area contributed by atoms with Gasteiger partial charge in [0, 0.05) is 21.8 Å². The fourth-order valence-electron chi connectivity index (χ4n) is 1.16. The number of rotatable bonds is 6. The standard InChI is InChI=1S/C10H20N2O3Si/c1-14-10(12-8-9(13)7-11-12)15-5-6-16(2,3)4/h7-8,10,13H,5-6H2,1-4H3. The number of ether oxygens (including phenoxy) is 2. The predicted octanol–water partition coefficient (Wildman–Crippen LogP) is 2.05. The molecule has 1 N–H and O–H groups in total. The van der Waals surface area contributed by atoms with Crippen LogP contribution in [0.1, 0.15) is 6.41 Å². The van der Waals surface area contributed by atoms with Crippen molar-refractivity contribution in [2.75, 3.05) is 13.7 Å². The molecule has 0 aliphatic rings. The van der Waals surface area contributed by atoms with Crippen LogP contribution in [0.25, 0.3) is 0 Å². The van der Waals surface area contributed by atoms with Crippen LogP contribution in [0.2, 0.25) is 25.7 Å². The van der Waals surface area contributed by atoms with Crippen molar-refractivity contribution in [1.29, 1.82) is 0 Å². The van der Waals surface area contributed by atoms with Crippen molar-refractivity contribution in [3.63, 3.8) is 0 Å². The van der Waals surface area contributed by atoms with E-state index in [1.54, 1.807) is 7.11 Å². The highest BCUT2D eigenvalue weighted by Gasteiger charge is 2.16. The van der Waals surface area contributed by atoms with Crippen LogP contribution in [0, 0.1) is 0 Å². The molecule has 1 atom stereocenters. The molecule has 0 amide bonds. The van der Waals surface area contributed by atoms with Crippen LogP contribution in [-0.2, 0) is 9.47 Å². The van der Waals surface area contributed by atoms with Gasteiger partial charge in [0.05, 0.1) is 12.4 Å². The maximum Gasteiger partial charge on any atom is 0.259 e. The van der Waals surface area contributed by atoms with Crippen LogP contribution in [0.15, 0.2) is 12.4 Å². The molecule has 0 aliphatic heterocycles. The van der Waals surface area contributed by atoms with Crippen molar-refractivity contribution >= 4 is 8.07 Å². The number of aromatic hydroxyl groups is 1. The van der Waals surface area contributed by atoms with Gasteiger partial charge in [0.25, 0.3) is 6.41 Å². The van der Waals surface area contributed by atoms with E-state index in [4.69, 9.17) is 14.6 Å². The lowest BCUT2D eigenvalue weighted by molar-refractivity contribution is -0.178. The molecule has 0 fully saturated rings. The molecule has 1 rings (SSSR count). The Morgan fingerprint density at radius 2 is 2.19 bits per heavy atom. The molecule has 1 aromatic rings. The summed E-state index contributed by atoms with van der Waals surface area (Å²) in [6.45, 7) is 7.52. The molecule has 1 heterocycles. The average Bonchev–Trinajstić information content (AvgIpc) is 2.58. The smallest absolute Gasteiger partial charge is 0.259 e. The van der Waals surface area contributed by atoms with E-state index < -0.39 is 14.5 Å². The molecule has 92 valence electrons. The number of aromatic nitrogens is 2. The number of methoxy groups -OCH3 is 1. The average molecular weight is 244 g/mol. The molecule has 0 spiro atoms. The molecule has 16 heavy (non-hydrogen) atoms. The first-order valence-corrected chi connectivity index (χ1v) is 9.00. The van der Waals surface area contributed by atoms with Crippen LogP contribution in [0.3, 0.4) is 0 Å². The third-order valence-electron chi connectivity index (χ3n) is 2.12. The van der Waals surface area contributed by atoms with Gasteiger partial charge >= 0.3 is 0 Å². The molecular formula is C10H20N2O3Si.